The van der Waals surface area contributed by atoms with E-state index in [0.717, 1.165) is 0 Å². The Kier molecular flexibility index (Phi) is 5.47. The number of hydrogen-bond acceptors (Lipinski definition) is 5. The predicted molar refractivity (Wildman–Crippen MR) is 117 cm³/mol. The number of hydrogen-bond donors (Lipinski definition) is 3. The molecule has 1 heterocycles. The fraction of sp³-hybridized carbons (Fsp3) is 0.0800. The molecule has 0 saturated carbocycles. The summed E-state index contributed by atoms with van der Waals surface area (Å²) in [4.78, 5) is 13.4. The molecule has 0 spiro atoms. The van der Waals surface area contributed by atoms with E-state index >= 15 is 0 Å². The quantitative estimate of drug-likeness (QED) is 0.409. The van der Waals surface area contributed by atoms with Gasteiger partial charge in [0.25, 0.3) is 0 Å². The number of aromatic hydroxyl groups is 2. The highest BCUT2D eigenvalue weighted by Gasteiger charge is 2.29. The van der Waals surface area contributed by atoms with Crippen LogP contribution >= 0.6 is 0 Å². The van der Waals surface area contributed by atoms with E-state index in [9.17, 15) is 20.1 Å². The number of nitrogens with zero attached hydrogens (tertiary/aromatic N) is 1. The van der Waals surface area contributed by atoms with Gasteiger partial charge in [0.1, 0.15) is 5.75 Å². The fourth-order valence-electron chi connectivity index (χ4n) is 3.52. The molecule has 3 aromatic carbocycles. The van der Waals surface area contributed by atoms with Crippen LogP contribution in [0.5, 0.6) is 17.4 Å². The Labute approximate surface area is 179 Å². The van der Waals surface area contributed by atoms with E-state index in [4.69, 9.17) is 4.74 Å². The van der Waals surface area contributed by atoms with Gasteiger partial charge < -0.3 is 20.1 Å². The van der Waals surface area contributed by atoms with Gasteiger partial charge in [-0.2, -0.15) is 0 Å². The lowest BCUT2D eigenvalue weighted by atomic mass is 9.99. The zero-order valence-corrected chi connectivity index (χ0v) is 16.8. The summed E-state index contributed by atoms with van der Waals surface area (Å²) in [6, 6.07) is 22.5. The van der Waals surface area contributed by atoms with Crippen LogP contribution in [0, 0.1) is 0 Å². The van der Waals surface area contributed by atoms with Crippen LogP contribution in [0.25, 0.3) is 16.9 Å². The van der Waals surface area contributed by atoms with Gasteiger partial charge in [0, 0.05) is 11.3 Å². The molecule has 0 aliphatic carbocycles. The van der Waals surface area contributed by atoms with Crippen molar-refractivity contribution in [2.75, 3.05) is 7.11 Å². The molecular formula is C25H21NO5. The average molecular weight is 415 g/mol. The van der Waals surface area contributed by atoms with E-state index in [1.807, 2.05) is 18.2 Å². The van der Waals surface area contributed by atoms with E-state index in [0.29, 0.717) is 33.8 Å². The summed E-state index contributed by atoms with van der Waals surface area (Å²) < 4.78 is 6.58. The van der Waals surface area contributed by atoms with E-state index in [-0.39, 0.29) is 12.2 Å². The molecule has 0 saturated heterocycles. The number of benzene rings is 3. The standard InChI is InChI=1S/C25H21NO5/c1-31-20-13-9-18(10-14-20)23(28)21-22(17-5-3-2-4-6-17)26(25(30)24(21)29)19-11-7-16(15-27)8-12-19/h2-14,27,29-30H,15H2,1H3. The highest BCUT2D eigenvalue weighted by Crippen LogP contribution is 2.44. The molecule has 6 heteroatoms. The molecule has 3 N–H and O–H groups in total. The molecule has 0 fully saturated rings. The van der Waals surface area contributed by atoms with Crippen LogP contribution in [0.4, 0.5) is 0 Å². The molecular weight excluding hydrogens is 394 g/mol. The van der Waals surface area contributed by atoms with Crippen molar-refractivity contribution < 1.29 is 24.9 Å². The van der Waals surface area contributed by atoms with Gasteiger partial charge in [0.2, 0.25) is 5.88 Å². The maximum absolute atomic E-state index is 13.4. The number of aliphatic hydroxyl groups excluding tert-OH is 1. The minimum Gasteiger partial charge on any atom is -0.503 e. The van der Waals surface area contributed by atoms with Crippen molar-refractivity contribution in [2.45, 2.75) is 6.61 Å². The number of ether oxygens (including phenoxy) is 1. The first-order valence-corrected chi connectivity index (χ1v) is 9.66. The largest absolute Gasteiger partial charge is 0.503 e. The molecule has 1 aromatic heterocycles. The first-order chi connectivity index (χ1) is 15.0. The molecule has 0 atom stereocenters. The van der Waals surface area contributed by atoms with Crippen LogP contribution in [-0.4, -0.2) is 32.8 Å². The lowest BCUT2D eigenvalue weighted by Gasteiger charge is -2.12. The zero-order valence-electron chi connectivity index (χ0n) is 16.8. The molecule has 4 aromatic rings. The topological polar surface area (TPSA) is 91.9 Å². The van der Waals surface area contributed by atoms with Gasteiger partial charge in [-0.1, -0.05) is 42.5 Å². The summed E-state index contributed by atoms with van der Waals surface area (Å²) in [6.07, 6.45) is 0. The molecule has 0 amide bonds. The normalized spacial score (nSPS) is 10.8. The molecule has 0 bridgehead atoms. The number of carbonyl (C=O) groups excluding carboxylic acids is 1. The Morgan fingerprint density at radius 1 is 0.903 bits per heavy atom. The van der Waals surface area contributed by atoms with Gasteiger partial charge >= 0.3 is 0 Å². The van der Waals surface area contributed by atoms with Crippen LogP contribution in [0.1, 0.15) is 21.5 Å². The van der Waals surface area contributed by atoms with E-state index in [1.165, 1.54) is 11.7 Å². The maximum Gasteiger partial charge on any atom is 0.240 e. The van der Waals surface area contributed by atoms with Crippen LogP contribution < -0.4 is 4.74 Å². The molecule has 4 rings (SSSR count). The number of aliphatic hydroxyl groups is 1. The minimum atomic E-state index is -0.495. The smallest absolute Gasteiger partial charge is 0.240 e. The second-order valence-electron chi connectivity index (χ2n) is 6.98. The van der Waals surface area contributed by atoms with Crippen molar-refractivity contribution in [1.82, 2.24) is 4.57 Å². The Morgan fingerprint density at radius 2 is 1.55 bits per heavy atom. The van der Waals surface area contributed by atoms with Crippen LogP contribution in [-0.2, 0) is 6.61 Å². The van der Waals surface area contributed by atoms with Gasteiger partial charge in [0.15, 0.2) is 11.5 Å². The Hall–Kier alpha value is -4.03. The minimum absolute atomic E-state index is 0.0000940. The third kappa shape index (κ3) is 3.65. The molecule has 0 radical (unpaired) electrons. The van der Waals surface area contributed by atoms with Crippen LogP contribution in [0.15, 0.2) is 78.9 Å². The summed E-state index contributed by atoms with van der Waals surface area (Å²) in [6.45, 7) is -0.115. The van der Waals surface area contributed by atoms with Gasteiger partial charge in [-0.15, -0.1) is 0 Å². The Balaban J connectivity index is 1.95. The van der Waals surface area contributed by atoms with E-state index in [1.54, 1.807) is 60.7 Å². The Bertz CT molecular complexity index is 1210. The van der Waals surface area contributed by atoms with Crippen molar-refractivity contribution in [3.63, 3.8) is 0 Å². The lowest BCUT2D eigenvalue weighted by molar-refractivity contribution is 0.103. The highest BCUT2D eigenvalue weighted by molar-refractivity contribution is 6.15. The van der Waals surface area contributed by atoms with Gasteiger partial charge in [0.05, 0.1) is 25.0 Å². The summed E-state index contributed by atoms with van der Waals surface area (Å²) in [5.74, 6) is -0.758. The van der Waals surface area contributed by atoms with Crippen molar-refractivity contribution in [3.05, 3.63) is 95.6 Å². The maximum atomic E-state index is 13.4. The molecule has 31 heavy (non-hydrogen) atoms. The van der Waals surface area contributed by atoms with Gasteiger partial charge in [-0.05, 0) is 47.5 Å². The van der Waals surface area contributed by atoms with E-state index < -0.39 is 17.4 Å². The second-order valence-corrected chi connectivity index (χ2v) is 6.98. The third-order valence-electron chi connectivity index (χ3n) is 5.12. The first-order valence-electron chi connectivity index (χ1n) is 9.66. The monoisotopic (exact) mass is 415 g/mol. The summed E-state index contributed by atoms with van der Waals surface area (Å²) in [5, 5.41) is 30.9. The van der Waals surface area contributed by atoms with Crippen LogP contribution in [0.3, 0.4) is 0 Å². The molecule has 0 unspecified atom stereocenters. The average Bonchev–Trinajstić information content (AvgIpc) is 3.09. The number of ketones is 1. The van der Waals surface area contributed by atoms with E-state index in [2.05, 4.69) is 0 Å². The fourth-order valence-corrected chi connectivity index (χ4v) is 3.52. The summed E-state index contributed by atoms with van der Waals surface area (Å²) in [5.41, 5.74) is 2.61. The SMILES string of the molecule is COc1ccc(C(=O)c2c(O)c(O)n(-c3ccc(CO)cc3)c2-c2ccccc2)cc1. The second kappa shape index (κ2) is 8.38. The third-order valence-corrected chi connectivity index (χ3v) is 5.12. The van der Waals surface area contributed by atoms with Crippen LogP contribution in [0.2, 0.25) is 0 Å². The Morgan fingerprint density at radius 3 is 2.13 bits per heavy atom. The van der Waals surface area contributed by atoms with Crippen molar-refractivity contribution in [2.24, 2.45) is 0 Å². The van der Waals surface area contributed by atoms with Crippen molar-refractivity contribution in [1.29, 1.82) is 0 Å². The first kappa shape index (κ1) is 20.3. The van der Waals surface area contributed by atoms with Crippen molar-refractivity contribution >= 4 is 5.78 Å². The van der Waals surface area contributed by atoms with Crippen molar-refractivity contribution in [3.8, 4) is 34.3 Å². The summed E-state index contributed by atoms with van der Waals surface area (Å²) >= 11 is 0. The molecule has 156 valence electrons. The predicted octanol–water partition coefficient (Wildman–Crippen LogP) is 4.29. The lowest BCUT2D eigenvalue weighted by Crippen LogP contribution is -2.05. The highest BCUT2D eigenvalue weighted by atomic mass is 16.5. The summed E-state index contributed by atoms with van der Waals surface area (Å²) in [7, 11) is 1.54. The number of aromatic nitrogens is 1. The van der Waals surface area contributed by atoms with Gasteiger partial charge in [-0.3, -0.25) is 9.36 Å². The number of rotatable bonds is 6. The molecule has 6 nitrogen and oxygen atoms in total. The van der Waals surface area contributed by atoms with Gasteiger partial charge in [-0.25, -0.2) is 0 Å². The zero-order chi connectivity index (χ0) is 22.0. The number of carbonyl (C=O) groups is 1. The molecule has 0 aliphatic heterocycles. The molecule has 0 aliphatic rings. The number of methoxy groups -OCH3 is 1.